The average molecular weight is 273 g/mol. The van der Waals surface area contributed by atoms with Gasteiger partial charge in [-0.25, -0.2) is 14.4 Å². The number of aromatic nitrogens is 3. The van der Waals surface area contributed by atoms with Gasteiger partial charge in [-0.15, -0.1) is 0 Å². The van der Waals surface area contributed by atoms with Gasteiger partial charge in [0, 0.05) is 45.1 Å². The van der Waals surface area contributed by atoms with Crippen LogP contribution in [0.4, 0.5) is 10.3 Å². The molecule has 5 nitrogen and oxygen atoms in total. The molecule has 0 saturated carbocycles. The van der Waals surface area contributed by atoms with Gasteiger partial charge >= 0.3 is 0 Å². The normalized spacial score (nSPS) is 16.4. The van der Waals surface area contributed by atoms with Gasteiger partial charge in [-0.05, 0) is 11.6 Å². The van der Waals surface area contributed by atoms with E-state index in [-0.39, 0.29) is 0 Å². The predicted molar refractivity (Wildman–Crippen MR) is 73.7 cm³/mol. The minimum absolute atomic E-state index is 0.399. The number of pyridine rings is 1. The van der Waals surface area contributed by atoms with Gasteiger partial charge in [0.05, 0.1) is 12.4 Å². The first-order valence-corrected chi connectivity index (χ1v) is 6.65. The zero-order valence-electron chi connectivity index (χ0n) is 11.1. The molecule has 3 rings (SSSR count). The van der Waals surface area contributed by atoms with Crippen molar-refractivity contribution < 1.29 is 4.39 Å². The summed E-state index contributed by atoms with van der Waals surface area (Å²) in [5.41, 5.74) is 1.22. The van der Waals surface area contributed by atoms with E-state index >= 15 is 0 Å². The highest BCUT2D eigenvalue weighted by molar-refractivity contribution is 5.29. The topological polar surface area (TPSA) is 45.2 Å². The number of hydrogen-bond donors (Lipinski definition) is 0. The van der Waals surface area contributed by atoms with E-state index in [1.165, 1.54) is 18.0 Å². The summed E-state index contributed by atoms with van der Waals surface area (Å²) in [5.74, 6) is 0.205. The van der Waals surface area contributed by atoms with Crippen molar-refractivity contribution in [1.29, 1.82) is 0 Å². The van der Waals surface area contributed by atoms with Crippen molar-refractivity contribution in [3.63, 3.8) is 0 Å². The van der Waals surface area contributed by atoms with Gasteiger partial charge in [0.1, 0.15) is 0 Å². The van der Waals surface area contributed by atoms with Crippen LogP contribution in [-0.2, 0) is 6.54 Å². The van der Waals surface area contributed by atoms with E-state index in [2.05, 4.69) is 30.8 Å². The van der Waals surface area contributed by atoms with Crippen LogP contribution in [0, 0.1) is 5.82 Å². The summed E-state index contributed by atoms with van der Waals surface area (Å²) in [4.78, 5) is 16.6. The van der Waals surface area contributed by atoms with Crippen LogP contribution in [0.2, 0.25) is 0 Å². The SMILES string of the molecule is Fc1cnc(N2CCN(Cc3cccnc3)CC2)nc1. The van der Waals surface area contributed by atoms with Crippen LogP contribution in [0.15, 0.2) is 36.9 Å². The third-order valence-electron chi connectivity index (χ3n) is 3.39. The molecule has 0 spiro atoms. The van der Waals surface area contributed by atoms with E-state index in [0.717, 1.165) is 32.7 Å². The number of hydrogen-bond acceptors (Lipinski definition) is 5. The minimum atomic E-state index is -0.399. The van der Waals surface area contributed by atoms with Crippen LogP contribution < -0.4 is 4.90 Å². The number of rotatable bonds is 3. The molecule has 1 aliphatic heterocycles. The molecule has 0 amide bonds. The number of anilines is 1. The molecule has 0 radical (unpaired) electrons. The second-order valence-corrected chi connectivity index (χ2v) is 4.83. The maximum atomic E-state index is 12.8. The van der Waals surface area contributed by atoms with Crippen molar-refractivity contribution >= 4 is 5.95 Å². The van der Waals surface area contributed by atoms with Crippen LogP contribution in [0.1, 0.15) is 5.56 Å². The number of piperazine rings is 1. The highest BCUT2D eigenvalue weighted by Gasteiger charge is 2.18. The zero-order chi connectivity index (χ0) is 13.8. The molecule has 1 fully saturated rings. The summed E-state index contributed by atoms with van der Waals surface area (Å²) in [6.45, 7) is 4.50. The van der Waals surface area contributed by atoms with E-state index in [4.69, 9.17) is 0 Å². The first-order valence-electron chi connectivity index (χ1n) is 6.65. The zero-order valence-corrected chi connectivity index (χ0v) is 11.1. The Morgan fingerprint density at radius 1 is 1.05 bits per heavy atom. The monoisotopic (exact) mass is 273 g/mol. The van der Waals surface area contributed by atoms with E-state index < -0.39 is 5.82 Å². The molecule has 0 unspecified atom stereocenters. The van der Waals surface area contributed by atoms with Gasteiger partial charge in [-0.1, -0.05) is 6.07 Å². The van der Waals surface area contributed by atoms with Crippen LogP contribution in [0.3, 0.4) is 0 Å². The summed E-state index contributed by atoms with van der Waals surface area (Å²) in [6, 6.07) is 4.04. The molecular formula is C14H16FN5. The molecule has 6 heteroatoms. The molecule has 2 aromatic heterocycles. The van der Waals surface area contributed by atoms with Crippen molar-refractivity contribution in [1.82, 2.24) is 19.9 Å². The van der Waals surface area contributed by atoms with Crippen molar-refractivity contribution in [2.24, 2.45) is 0 Å². The summed E-state index contributed by atoms with van der Waals surface area (Å²) >= 11 is 0. The summed E-state index contributed by atoms with van der Waals surface area (Å²) in [5, 5.41) is 0. The van der Waals surface area contributed by atoms with Gasteiger partial charge < -0.3 is 4.90 Å². The number of nitrogens with zero attached hydrogens (tertiary/aromatic N) is 5. The second kappa shape index (κ2) is 5.92. The third kappa shape index (κ3) is 3.08. The van der Waals surface area contributed by atoms with Gasteiger partial charge in [0.15, 0.2) is 5.82 Å². The Balaban J connectivity index is 1.55. The maximum Gasteiger partial charge on any atom is 0.225 e. The standard InChI is InChI=1S/C14H16FN5/c15-13-9-17-14(18-10-13)20-6-4-19(5-7-20)11-12-2-1-3-16-8-12/h1-3,8-10H,4-7,11H2. The molecule has 1 saturated heterocycles. The Labute approximate surface area is 117 Å². The Morgan fingerprint density at radius 2 is 1.80 bits per heavy atom. The fourth-order valence-corrected chi connectivity index (χ4v) is 2.32. The minimum Gasteiger partial charge on any atom is -0.338 e. The van der Waals surface area contributed by atoms with E-state index in [1.807, 2.05) is 12.3 Å². The first kappa shape index (κ1) is 12.9. The Hall–Kier alpha value is -2.08. The van der Waals surface area contributed by atoms with Crippen molar-refractivity contribution in [2.45, 2.75) is 6.54 Å². The largest absolute Gasteiger partial charge is 0.338 e. The van der Waals surface area contributed by atoms with Crippen LogP contribution in [-0.4, -0.2) is 46.0 Å². The first-order chi connectivity index (χ1) is 9.81. The van der Waals surface area contributed by atoms with Gasteiger partial charge in [0.25, 0.3) is 0 Å². The molecule has 0 aromatic carbocycles. The number of halogens is 1. The lowest BCUT2D eigenvalue weighted by atomic mass is 10.2. The third-order valence-corrected chi connectivity index (χ3v) is 3.39. The van der Waals surface area contributed by atoms with Gasteiger partial charge in [-0.3, -0.25) is 9.88 Å². The molecule has 20 heavy (non-hydrogen) atoms. The molecule has 0 aliphatic carbocycles. The molecule has 0 N–H and O–H groups in total. The quantitative estimate of drug-likeness (QED) is 0.844. The highest BCUT2D eigenvalue weighted by Crippen LogP contribution is 2.12. The van der Waals surface area contributed by atoms with Crippen LogP contribution >= 0.6 is 0 Å². The van der Waals surface area contributed by atoms with Gasteiger partial charge in [0.2, 0.25) is 5.95 Å². The van der Waals surface area contributed by atoms with Gasteiger partial charge in [-0.2, -0.15) is 0 Å². The molecule has 1 aliphatic rings. The summed E-state index contributed by atoms with van der Waals surface area (Å²) in [7, 11) is 0. The molecule has 3 heterocycles. The Kier molecular flexibility index (Phi) is 3.83. The van der Waals surface area contributed by atoms with Crippen molar-refractivity contribution in [3.8, 4) is 0 Å². The molecule has 2 aromatic rings. The fourth-order valence-electron chi connectivity index (χ4n) is 2.32. The summed E-state index contributed by atoms with van der Waals surface area (Å²) in [6.07, 6.45) is 6.11. The Bertz CT molecular complexity index is 537. The smallest absolute Gasteiger partial charge is 0.225 e. The lowest BCUT2D eigenvalue weighted by Gasteiger charge is -2.34. The van der Waals surface area contributed by atoms with Crippen LogP contribution in [0.5, 0.6) is 0 Å². The fraction of sp³-hybridized carbons (Fsp3) is 0.357. The lowest BCUT2D eigenvalue weighted by molar-refractivity contribution is 0.248. The summed E-state index contributed by atoms with van der Waals surface area (Å²) < 4.78 is 12.8. The maximum absolute atomic E-state index is 12.8. The van der Waals surface area contributed by atoms with E-state index in [0.29, 0.717) is 5.95 Å². The lowest BCUT2D eigenvalue weighted by Crippen LogP contribution is -2.46. The predicted octanol–water partition coefficient (Wildman–Crippen LogP) is 1.33. The van der Waals surface area contributed by atoms with Crippen molar-refractivity contribution in [3.05, 3.63) is 48.3 Å². The second-order valence-electron chi connectivity index (χ2n) is 4.83. The average Bonchev–Trinajstić information content (AvgIpc) is 2.50. The molecular weight excluding hydrogens is 257 g/mol. The van der Waals surface area contributed by atoms with Crippen LogP contribution in [0.25, 0.3) is 0 Å². The molecule has 0 bridgehead atoms. The highest BCUT2D eigenvalue weighted by atomic mass is 19.1. The molecule has 104 valence electrons. The van der Waals surface area contributed by atoms with E-state index in [1.54, 1.807) is 6.20 Å². The van der Waals surface area contributed by atoms with Crippen molar-refractivity contribution in [2.75, 3.05) is 31.1 Å². The Morgan fingerprint density at radius 3 is 2.45 bits per heavy atom. The van der Waals surface area contributed by atoms with E-state index in [9.17, 15) is 4.39 Å². The molecule has 0 atom stereocenters.